The van der Waals surface area contributed by atoms with Gasteiger partial charge >= 0.3 is 12.2 Å². The van der Waals surface area contributed by atoms with Gasteiger partial charge in [-0.2, -0.15) is 0 Å². The number of nitrogens with zero attached hydrogens (tertiary/aromatic N) is 1. The SMILES string of the molecule is CC(C)(C)OC(=O)NC1CN(C=O)CCC1C(NC(=O)O)c1ccccc1. The Morgan fingerprint density at radius 2 is 1.96 bits per heavy atom. The van der Waals surface area contributed by atoms with Crippen LogP contribution in [0.25, 0.3) is 0 Å². The number of carboxylic acid groups (broad SMARTS) is 1. The topological polar surface area (TPSA) is 108 Å². The molecule has 0 bridgehead atoms. The van der Waals surface area contributed by atoms with Crippen LogP contribution in [0.4, 0.5) is 9.59 Å². The second-order valence-corrected chi connectivity index (χ2v) is 7.64. The molecule has 0 saturated carbocycles. The van der Waals surface area contributed by atoms with Gasteiger partial charge in [-0.05, 0) is 32.8 Å². The fraction of sp³-hybridized carbons (Fsp3) is 0.526. The fourth-order valence-electron chi connectivity index (χ4n) is 3.33. The first-order chi connectivity index (χ1) is 12.7. The van der Waals surface area contributed by atoms with E-state index in [2.05, 4.69) is 10.6 Å². The molecule has 1 aromatic rings. The third kappa shape index (κ3) is 6.16. The van der Waals surface area contributed by atoms with Crippen LogP contribution in [0, 0.1) is 5.92 Å². The summed E-state index contributed by atoms with van der Waals surface area (Å²) in [7, 11) is 0. The van der Waals surface area contributed by atoms with Crippen LogP contribution in [0.3, 0.4) is 0 Å². The third-order valence-corrected chi connectivity index (χ3v) is 4.41. The maximum atomic E-state index is 12.3. The maximum Gasteiger partial charge on any atom is 0.407 e. The Morgan fingerprint density at radius 1 is 1.30 bits per heavy atom. The average molecular weight is 377 g/mol. The normalized spacial score (nSPS) is 21.1. The molecule has 27 heavy (non-hydrogen) atoms. The van der Waals surface area contributed by atoms with E-state index in [-0.39, 0.29) is 12.5 Å². The second-order valence-electron chi connectivity index (χ2n) is 7.64. The largest absolute Gasteiger partial charge is 0.465 e. The Labute approximate surface area is 158 Å². The number of carbonyl (C=O) groups is 3. The van der Waals surface area contributed by atoms with Crippen molar-refractivity contribution in [3.8, 4) is 0 Å². The number of ether oxygens (including phenoxy) is 1. The highest BCUT2D eigenvalue weighted by molar-refractivity contribution is 5.68. The van der Waals surface area contributed by atoms with E-state index in [1.165, 1.54) is 0 Å². The van der Waals surface area contributed by atoms with Crippen LogP contribution < -0.4 is 10.6 Å². The smallest absolute Gasteiger partial charge is 0.407 e. The van der Waals surface area contributed by atoms with Crippen LogP contribution in [0.15, 0.2) is 30.3 Å². The Balaban J connectivity index is 2.26. The highest BCUT2D eigenvalue weighted by atomic mass is 16.6. The molecule has 1 saturated heterocycles. The number of alkyl carbamates (subject to hydrolysis) is 1. The van der Waals surface area contributed by atoms with Crippen molar-refractivity contribution in [3.05, 3.63) is 35.9 Å². The van der Waals surface area contributed by atoms with Gasteiger partial charge in [-0.15, -0.1) is 0 Å². The zero-order valence-electron chi connectivity index (χ0n) is 15.8. The van der Waals surface area contributed by atoms with Crippen molar-refractivity contribution in [1.82, 2.24) is 15.5 Å². The zero-order valence-corrected chi connectivity index (χ0v) is 15.8. The minimum absolute atomic E-state index is 0.229. The first kappa shape index (κ1) is 20.5. The second kappa shape index (κ2) is 8.75. The summed E-state index contributed by atoms with van der Waals surface area (Å²) in [6.07, 6.45) is -0.452. The molecule has 2 rings (SSSR count). The molecule has 1 fully saturated rings. The van der Waals surface area contributed by atoms with Crippen molar-refractivity contribution in [2.45, 2.75) is 44.9 Å². The van der Waals surface area contributed by atoms with E-state index in [1.807, 2.05) is 30.3 Å². The number of hydrogen-bond donors (Lipinski definition) is 3. The molecule has 1 aromatic carbocycles. The Morgan fingerprint density at radius 3 is 2.52 bits per heavy atom. The molecule has 3 unspecified atom stereocenters. The van der Waals surface area contributed by atoms with Gasteiger partial charge in [0.1, 0.15) is 5.60 Å². The molecule has 3 atom stereocenters. The lowest BCUT2D eigenvalue weighted by molar-refractivity contribution is -0.120. The van der Waals surface area contributed by atoms with Gasteiger partial charge in [0.05, 0.1) is 12.1 Å². The number of carbonyl (C=O) groups excluding carboxylic acids is 2. The number of nitrogens with one attached hydrogen (secondary N) is 2. The highest BCUT2D eigenvalue weighted by Crippen LogP contribution is 2.31. The predicted molar refractivity (Wildman–Crippen MR) is 99.2 cm³/mol. The van der Waals surface area contributed by atoms with E-state index in [1.54, 1.807) is 25.7 Å². The summed E-state index contributed by atoms with van der Waals surface area (Å²) in [5.74, 6) is -0.229. The van der Waals surface area contributed by atoms with Crippen molar-refractivity contribution >= 4 is 18.6 Å². The number of piperidine rings is 1. The van der Waals surface area contributed by atoms with Crippen molar-refractivity contribution in [2.24, 2.45) is 5.92 Å². The first-order valence-corrected chi connectivity index (χ1v) is 8.93. The number of amides is 3. The van der Waals surface area contributed by atoms with Gasteiger partial charge in [0.15, 0.2) is 0 Å². The molecule has 1 aliphatic rings. The molecular formula is C19H27N3O5. The van der Waals surface area contributed by atoms with Gasteiger partial charge in [0.2, 0.25) is 6.41 Å². The molecule has 1 aliphatic heterocycles. The van der Waals surface area contributed by atoms with Crippen LogP contribution in [-0.4, -0.2) is 53.3 Å². The van der Waals surface area contributed by atoms with Gasteiger partial charge in [-0.3, -0.25) is 4.79 Å². The molecule has 3 amide bonds. The summed E-state index contributed by atoms with van der Waals surface area (Å²) < 4.78 is 5.33. The molecule has 0 aliphatic carbocycles. The lowest BCUT2D eigenvalue weighted by Crippen LogP contribution is -2.56. The van der Waals surface area contributed by atoms with Gasteiger partial charge < -0.3 is 25.4 Å². The standard InChI is InChI=1S/C19H27N3O5/c1-19(2,3)27-18(26)20-15-11-22(12-23)10-9-14(15)16(21-17(24)25)13-7-5-4-6-8-13/h4-8,12,14-16,21H,9-11H2,1-3H3,(H,20,26)(H,24,25). The van der Waals surface area contributed by atoms with E-state index >= 15 is 0 Å². The number of benzene rings is 1. The minimum Gasteiger partial charge on any atom is -0.465 e. The monoisotopic (exact) mass is 377 g/mol. The average Bonchev–Trinajstić information content (AvgIpc) is 2.58. The Hall–Kier alpha value is -2.77. The molecular weight excluding hydrogens is 350 g/mol. The molecule has 8 nitrogen and oxygen atoms in total. The van der Waals surface area contributed by atoms with Gasteiger partial charge in [0, 0.05) is 19.0 Å². The lowest BCUT2D eigenvalue weighted by Gasteiger charge is -2.41. The van der Waals surface area contributed by atoms with E-state index < -0.39 is 29.9 Å². The van der Waals surface area contributed by atoms with Gasteiger partial charge in [-0.1, -0.05) is 30.3 Å². The van der Waals surface area contributed by atoms with Crippen LogP contribution in [-0.2, 0) is 9.53 Å². The van der Waals surface area contributed by atoms with E-state index in [9.17, 15) is 19.5 Å². The predicted octanol–water partition coefficient (Wildman–Crippen LogP) is 2.37. The molecule has 0 aromatic heterocycles. The Bertz CT molecular complexity index is 659. The van der Waals surface area contributed by atoms with E-state index in [4.69, 9.17) is 4.74 Å². The molecule has 8 heteroatoms. The van der Waals surface area contributed by atoms with Gasteiger partial charge in [-0.25, -0.2) is 9.59 Å². The molecule has 0 spiro atoms. The lowest BCUT2D eigenvalue weighted by atomic mass is 9.82. The first-order valence-electron chi connectivity index (χ1n) is 8.93. The summed E-state index contributed by atoms with van der Waals surface area (Å²) in [5, 5.41) is 14.7. The summed E-state index contributed by atoms with van der Waals surface area (Å²) >= 11 is 0. The van der Waals surface area contributed by atoms with E-state index in [0.29, 0.717) is 13.0 Å². The summed E-state index contributed by atoms with van der Waals surface area (Å²) in [6.45, 7) is 6.08. The van der Waals surface area contributed by atoms with E-state index in [0.717, 1.165) is 12.0 Å². The van der Waals surface area contributed by atoms with Crippen molar-refractivity contribution in [1.29, 1.82) is 0 Å². The number of rotatable bonds is 5. The minimum atomic E-state index is -1.14. The van der Waals surface area contributed by atoms with Crippen LogP contribution in [0.2, 0.25) is 0 Å². The van der Waals surface area contributed by atoms with Crippen molar-refractivity contribution in [3.63, 3.8) is 0 Å². The highest BCUT2D eigenvalue weighted by Gasteiger charge is 2.37. The fourth-order valence-corrected chi connectivity index (χ4v) is 3.33. The molecule has 0 radical (unpaired) electrons. The van der Waals surface area contributed by atoms with Crippen molar-refractivity contribution in [2.75, 3.05) is 13.1 Å². The summed E-state index contributed by atoms with van der Waals surface area (Å²) in [4.78, 5) is 36.4. The Kier molecular flexibility index (Phi) is 6.65. The zero-order chi connectivity index (χ0) is 20.0. The molecule has 3 N–H and O–H groups in total. The van der Waals surface area contributed by atoms with Gasteiger partial charge in [0.25, 0.3) is 0 Å². The number of hydrogen-bond acceptors (Lipinski definition) is 4. The summed E-state index contributed by atoms with van der Waals surface area (Å²) in [5.41, 5.74) is 0.150. The molecule has 1 heterocycles. The number of likely N-dealkylation sites (tertiary alicyclic amines) is 1. The summed E-state index contributed by atoms with van der Waals surface area (Å²) in [6, 6.07) is 8.25. The van der Waals surface area contributed by atoms with Crippen LogP contribution in [0.1, 0.15) is 38.8 Å². The molecule has 148 valence electrons. The third-order valence-electron chi connectivity index (χ3n) is 4.41. The van der Waals surface area contributed by atoms with Crippen LogP contribution in [0.5, 0.6) is 0 Å². The maximum absolute atomic E-state index is 12.3. The van der Waals surface area contributed by atoms with Crippen molar-refractivity contribution < 1.29 is 24.2 Å². The van der Waals surface area contributed by atoms with Crippen LogP contribution >= 0.6 is 0 Å². The quantitative estimate of drug-likeness (QED) is 0.683.